The second kappa shape index (κ2) is 43.9. The molecule has 23 rings (SSSR count). The van der Waals surface area contributed by atoms with Crippen LogP contribution in [0.25, 0.3) is 0 Å². The molecule has 6 saturated heterocycles. The minimum atomic E-state index is -2.19. The number of carbonyl (C=O) groups excluding carboxylic acids is 2. The molecule has 6 fully saturated rings. The third-order valence-electron chi connectivity index (χ3n) is 18.5. The Bertz CT molecular complexity index is 3880. The molecule has 16 heterocycles. The molecule has 0 aromatic heterocycles. The van der Waals surface area contributed by atoms with E-state index in [9.17, 15) is 70.9 Å². The fourth-order valence-corrected chi connectivity index (χ4v) is 12.2. The molecule has 12 atom stereocenters. The van der Waals surface area contributed by atoms with Crippen LogP contribution in [0.1, 0.15) is 281 Å². The van der Waals surface area contributed by atoms with Crippen molar-refractivity contribution in [3.63, 3.8) is 0 Å². The molecule has 0 radical (unpaired) electrons. The molecular formula is C105H154O28. The van der Waals surface area contributed by atoms with E-state index in [1.54, 1.807) is 0 Å². The Morgan fingerprint density at radius 3 is 0.368 bits per heavy atom. The highest BCUT2D eigenvalue weighted by molar-refractivity contribution is 6.02. The van der Waals surface area contributed by atoms with Crippen LogP contribution in [-0.4, -0.2) is 176 Å². The molecule has 14 N–H and O–H groups in total. The summed E-state index contributed by atoms with van der Waals surface area (Å²) in [6.07, 6.45) is 0. The van der Waals surface area contributed by atoms with Gasteiger partial charge in [-0.05, 0) is 80.4 Å². The first-order valence-corrected chi connectivity index (χ1v) is 44.8. The van der Waals surface area contributed by atoms with Crippen molar-refractivity contribution in [3.8, 4) is 0 Å². The molecule has 28 heteroatoms. The monoisotopic (exact) mass is 1860 g/mol. The fraction of sp³-hybridized carbons (Fsp3) is 0.581. The van der Waals surface area contributed by atoms with Gasteiger partial charge in [-0.3, -0.25) is 9.59 Å². The zero-order chi connectivity index (χ0) is 101. The second-order valence-corrected chi connectivity index (χ2v) is 46.1. The van der Waals surface area contributed by atoms with Gasteiger partial charge in [-0.1, -0.05) is 321 Å². The SMILES string of the molecule is CC(C)(C)C.CC(C)(C)C.CC(C)(C)C.CC(C)(C)C.CC(C)(C)C.CC(C)(C)C.CC(C)(C)C.O=C(CO)c1cccc(C(=O)CO)c1.OC12COC(O)(CO1)c1cccc(c1)C1(O)COC(O)(CO1)c1cccc(c1)C1(O)COC(O)(CO1)c1cccc(c1)C1(O)COC(O)(CO1)c1cccc(c1)C1(O)COC(O)(CO1)c1cccc(c1)C1(O)COC(O)(CO1)c1cccc2c1. The Labute approximate surface area is 787 Å². The van der Waals surface area contributed by atoms with Gasteiger partial charge in [0, 0.05) is 77.9 Å². The Balaban J connectivity index is 0.000000453. The maximum atomic E-state index is 11.8. The zero-order valence-corrected chi connectivity index (χ0v) is 83.5. The zero-order valence-electron chi connectivity index (χ0n) is 83.5. The van der Waals surface area contributed by atoms with Crippen LogP contribution in [0, 0.1) is 37.9 Å². The van der Waals surface area contributed by atoms with Crippen LogP contribution in [0.4, 0.5) is 0 Å². The van der Waals surface area contributed by atoms with Gasteiger partial charge in [0.25, 0.3) is 0 Å². The quantitative estimate of drug-likeness (QED) is 0.0728. The number of benzene rings is 7. The van der Waals surface area contributed by atoms with Gasteiger partial charge < -0.3 is 128 Å². The molecule has 742 valence electrons. The molecule has 28 nitrogen and oxygen atoms in total. The molecule has 16 aliphatic heterocycles. The Morgan fingerprint density at radius 1 is 0.195 bits per heavy atom. The van der Waals surface area contributed by atoms with Gasteiger partial charge >= 0.3 is 0 Å². The number of carbonyl (C=O) groups is 2. The molecule has 12 unspecified atom stereocenters. The van der Waals surface area contributed by atoms with Crippen LogP contribution in [0.2, 0.25) is 0 Å². The molecule has 133 heavy (non-hydrogen) atoms. The van der Waals surface area contributed by atoms with Gasteiger partial charge in [0.15, 0.2) is 11.6 Å². The van der Waals surface area contributed by atoms with E-state index in [2.05, 4.69) is 194 Å². The highest BCUT2D eigenvalue weighted by atomic mass is 16.8. The number of aliphatic hydroxyl groups excluding tert-OH is 2. The third kappa shape index (κ3) is 35.4. The van der Waals surface area contributed by atoms with Crippen molar-refractivity contribution in [2.45, 2.75) is 263 Å². The van der Waals surface area contributed by atoms with Crippen LogP contribution >= 0.6 is 0 Å². The van der Waals surface area contributed by atoms with Gasteiger partial charge in [0.2, 0.25) is 69.4 Å². The summed E-state index contributed by atoms with van der Waals surface area (Å²) >= 11 is 0. The lowest BCUT2D eigenvalue weighted by atomic mass is 9.94. The predicted octanol–water partition coefficient (Wildman–Crippen LogP) is 14.6. The van der Waals surface area contributed by atoms with Crippen LogP contribution in [0.15, 0.2) is 170 Å². The Hall–Kier alpha value is -7.16. The molecule has 0 aliphatic carbocycles. The van der Waals surface area contributed by atoms with Crippen molar-refractivity contribution in [2.75, 3.05) is 92.5 Å². The molecule has 24 bridgehead atoms. The molecule has 7 aromatic carbocycles. The summed E-state index contributed by atoms with van der Waals surface area (Å²) in [6.45, 7) is 52.3. The van der Waals surface area contributed by atoms with Crippen molar-refractivity contribution in [1.29, 1.82) is 0 Å². The summed E-state index contributed by atoms with van der Waals surface area (Å²) in [4.78, 5) is 22.1. The lowest BCUT2D eigenvalue weighted by Crippen LogP contribution is -2.52. The van der Waals surface area contributed by atoms with E-state index in [0.29, 0.717) is 37.9 Å². The summed E-state index contributed by atoms with van der Waals surface area (Å²) in [5, 5.41) is 159. The largest absolute Gasteiger partial charge is 0.388 e. The minimum absolute atomic E-state index is 0.0832. The third-order valence-corrected chi connectivity index (χ3v) is 18.5. The van der Waals surface area contributed by atoms with Gasteiger partial charge in [-0.2, -0.15) is 0 Å². The number of ether oxygens (including phenoxy) is 12. The predicted molar refractivity (Wildman–Crippen MR) is 502 cm³/mol. The Morgan fingerprint density at radius 2 is 0.286 bits per heavy atom. The number of hydrogen-bond acceptors (Lipinski definition) is 28. The van der Waals surface area contributed by atoms with Gasteiger partial charge in [0.05, 0.1) is 0 Å². The molecule has 0 spiro atoms. The standard InChI is InChI=1S/C60H60O24.C10H10O4.7C5H12/c61-49-25-75-51(63,27-73-49)39-9-2-11-41(20-39)53(65)29-79-55(67,31-77-53)43-13-4-15-45(22-43)57(69)33-83-59(71,35-81-57)47-17-6-18-48(24-47)60(72)36-82-58(70,34-84-60)46-16-5-14-44(23-46)56(68)32-78-54(66,30-80-56)42-12-3-10-40(21-42)52(64)28-74-50(62,26-76-52)38-8-1-7-37(49)19-38;11-5-9(13)7-2-1-3-8(4-7)10(14)6-12;7*1-5(2,3)4/h1-24,61-72H,25-36H2;1-4,11-12H,5-6H2;7*1-4H3. The average Bonchev–Trinajstić information content (AvgIpc) is 0.782. The topological polar surface area (TPSA) is 428 Å². The van der Waals surface area contributed by atoms with E-state index in [0.717, 1.165) is 0 Å². The summed E-state index contributed by atoms with van der Waals surface area (Å²) in [6, 6.07) is 41.1. The first kappa shape index (κ1) is 115. The van der Waals surface area contributed by atoms with Crippen LogP contribution in [-0.2, 0) is 126 Å². The first-order chi connectivity index (χ1) is 60.4. The molecule has 0 saturated carbocycles. The van der Waals surface area contributed by atoms with Crippen LogP contribution < -0.4 is 0 Å². The van der Waals surface area contributed by atoms with Gasteiger partial charge in [0.1, 0.15) is 92.5 Å². The number of aliphatic hydroxyl groups is 14. The maximum Gasteiger partial charge on any atom is 0.217 e. The molecule has 16 aliphatic rings. The number of Topliss-reactive ketones (excluding diaryl/α,β-unsaturated/α-hetero) is 2. The molecule has 0 amide bonds. The number of hydrogen-bond donors (Lipinski definition) is 14. The van der Waals surface area contributed by atoms with Crippen molar-refractivity contribution < 1.29 is 138 Å². The average molecular weight is 1860 g/mol. The highest BCUT2D eigenvalue weighted by Crippen LogP contribution is 2.47. The van der Waals surface area contributed by atoms with Crippen molar-refractivity contribution in [2.24, 2.45) is 37.9 Å². The van der Waals surface area contributed by atoms with Crippen LogP contribution in [0.5, 0.6) is 0 Å². The van der Waals surface area contributed by atoms with E-state index in [1.807, 2.05) is 0 Å². The van der Waals surface area contributed by atoms with E-state index in [1.165, 1.54) is 170 Å². The summed E-state index contributed by atoms with van der Waals surface area (Å²) in [5.41, 5.74) is 5.04. The minimum Gasteiger partial charge on any atom is -0.388 e. The summed E-state index contributed by atoms with van der Waals surface area (Å²) in [5.74, 6) is -27.2. The lowest BCUT2D eigenvalue weighted by molar-refractivity contribution is -0.382. The van der Waals surface area contributed by atoms with E-state index in [4.69, 9.17) is 67.1 Å². The molecule has 7 aromatic rings. The summed E-state index contributed by atoms with van der Waals surface area (Å²) in [7, 11) is 0. The Kier molecular flexibility index (Phi) is 37.8. The first-order valence-electron chi connectivity index (χ1n) is 44.8. The van der Waals surface area contributed by atoms with Crippen LogP contribution in [0.3, 0.4) is 0 Å². The number of ketones is 2. The fourth-order valence-electron chi connectivity index (χ4n) is 12.2. The van der Waals surface area contributed by atoms with Gasteiger partial charge in [-0.15, -0.1) is 0 Å². The summed E-state index contributed by atoms with van der Waals surface area (Å²) < 4.78 is 71.0. The van der Waals surface area contributed by atoms with Crippen molar-refractivity contribution in [1.82, 2.24) is 0 Å². The normalized spacial score (nSPS) is 29.2. The maximum absolute atomic E-state index is 11.8. The number of rotatable bonds is 4. The van der Waals surface area contributed by atoms with E-state index >= 15 is 0 Å². The van der Waals surface area contributed by atoms with Crippen molar-refractivity contribution in [3.05, 3.63) is 248 Å². The lowest BCUT2D eigenvalue weighted by Gasteiger charge is -2.44. The smallest absolute Gasteiger partial charge is 0.217 e. The second-order valence-electron chi connectivity index (χ2n) is 46.1. The molecular weight excluding hydrogens is 1710 g/mol. The highest BCUT2D eigenvalue weighted by Gasteiger charge is 2.54. The van der Waals surface area contributed by atoms with E-state index < -0.39 is 174 Å². The van der Waals surface area contributed by atoms with Crippen molar-refractivity contribution >= 4 is 11.6 Å². The van der Waals surface area contributed by atoms with E-state index in [-0.39, 0.29) is 77.9 Å². The van der Waals surface area contributed by atoms with Gasteiger partial charge in [-0.25, -0.2) is 0 Å².